The van der Waals surface area contributed by atoms with Crippen molar-refractivity contribution in [2.45, 2.75) is 0 Å². The summed E-state index contributed by atoms with van der Waals surface area (Å²) in [6.45, 7) is 0. The smallest absolute Gasteiger partial charge is 0.104 e. The molecule has 1 atom stereocenters. The van der Waals surface area contributed by atoms with Crippen LogP contribution in [0.2, 0.25) is 0 Å². The minimum absolute atomic E-state index is 0.448. The molecule has 0 radical (unpaired) electrons. The molecule has 0 N–H and O–H groups in total. The van der Waals surface area contributed by atoms with Gasteiger partial charge in [-0.3, -0.25) is 0 Å². The standard InChI is InChI=1S/C20H20OP2/c21-23(20-14-8-3-9-15-20)17-16-22(18-10-4-1-5-11-18)19-12-6-2-7-13-19/h1-15,23H,16-17H2. The first-order chi connectivity index (χ1) is 11.3. The van der Waals surface area contributed by atoms with Crippen molar-refractivity contribution in [2.24, 2.45) is 0 Å². The largest absolute Gasteiger partial charge is 0.322 e. The van der Waals surface area contributed by atoms with Gasteiger partial charge in [0.05, 0.1) is 0 Å². The van der Waals surface area contributed by atoms with Gasteiger partial charge in [0.2, 0.25) is 0 Å². The van der Waals surface area contributed by atoms with Crippen LogP contribution in [0, 0.1) is 0 Å². The van der Waals surface area contributed by atoms with Gasteiger partial charge >= 0.3 is 0 Å². The molecular formula is C20H20OP2. The van der Waals surface area contributed by atoms with Crippen molar-refractivity contribution in [2.75, 3.05) is 12.3 Å². The fourth-order valence-electron chi connectivity index (χ4n) is 2.60. The summed E-state index contributed by atoms with van der Waals surface area (Å²) in [5, 5.41) is 3.71. The minimum atomic E-state index is -1.71. The molecule has 3 aromatic carbocycles. The topological polar surface area (TPSA) is 17.1 Å². The van der Waals surface area contributed by atoms with E-state index in [1.165, 1.54) is 10.6 Å². The van der Waals surface area contributed by atoms with E-state index in [0.29, 0.717) is 0 Å². The van der Waals surface area contributed by atoms with E-state index >= 15 is 0 Å². The molecular weight excluding hydrogens is 318 g/mol. The van der Waals surface area contributed by atoms with Crippen molar-refractivity contribution < 1.29 is 4.57 Å². The lowest BCUT2D eigenvalue weighted by atomic mass is 10.4. The Kier molecular flexibility index (Phi) is 5.81. The third-order valence-electron chi connectivity index (χ3n) is 3.79. The maximum Gasteiger partial charge on any atom is 0.104 e. The number of hydrogen-bond acceptors (Lipinski definition) is 1. The van der Waals surface area contributed by atoms with Crippen molar-refractivity contribution in [3.8, 4) is 0 Å². The predicted molar refractivity (Wildman–Crippen MR) is 104 cm³/mol. The lowest BCUT2D eigenvalue weighted by Crippen LogP contribution is -2.15. The van der Waals surface area contributed by atoms with Gasteiger partial charge in [0.25, 0.3) is 0 Å². The first-order valence-electron chi connectivity index (χ1n) is 7.80. The minimum Gasteiger partial charge on any atom is -0.322 e. The third-order valence-corrected chi connectivity index (χ3v) is 8.41. The summed E-state index contributed by atoms with van der Waals surface area (Å²) in [6, 6.07) is 31.1. The molecule has 0 spiro atoms. The average molecular weight is 338 g/mol. The van der Waals surface area contributed by atoms with Crippen LogP contribution in [0.4, 0.5) is 0 Å². The van der Waals surface area contributed by atoms with Crippen molar-refractivity contribution in [1.82, 2.24) is 0 Å². The van der Waals surface area contributed by atoms with Crippen LogP contribution in [0.5, 0.6) is 0 Å². The molecule has 0 bridgehead atoms. The molecule has 0 aliphatic rings. The monoisotopic (exact) mass is 338 g/mol. The van der Waals surface area contributed by atoms with E-state index in [4.69, 9.17) is 0 Å². The number of rotatable bonds is 6. The van der Waals surface area contributed by atoms with Crippen LogP contribution in [0.1, 0.15) is 0 Å². The van der Waals surface area contributed by atoms with E-state index in [9.17, 15) is 4.57 Å². The maximum absolute atomic E-state index is 12.6. The Bertz CT molecular complexity index is 703. The zero-order valence-electron chi connectivity index (χ0n) is 12.9. The molecule has 0 aromatic heterocycles. The highest BCUT2D eigenvalue weighted by atomic mass is 31.1. The predicted octanol–water partition coefficient (Wildman–Crippen LogP) is 4.00. The Morgan fingerprint density at radius 2 is 1.09 bits per heavy atom. The lowest BCUT2D eigenvalue weighted by molar-refractivity contribution is 0.594. The van der Waals surface area contributed by atoms with Crippen LogP contribution < -0.4 is 15.9 Å². The Hall–Kier alpha value is -1.68. The van der Waals surface area contributed by atoms with Crippen LogP contribution >= 0.6 is 15.7 Å². The van der Waals surface area contributed by atoms with E-state index < -0.39 is 15.7 Å². The van der Waals surface area contributed by atoms with Crippen molar-refractivity contribution in [3.05, 3.63) is 91.0 Å². The first-order valence-corrected chi connectivity index (χ1v) is 10.9. The molecule has 3 aromatic rings. The van der Waals surface area contributed by atoms with Gasteiger partial charge in [-0.05, 0) is 24.7 Å². The SMILES string of the molecule is O=[PH](CCP(c1ccccc1)c1ccccc1)c1ccccc1. The Labute approximate surface area is 139 Å². The quantitative estimate of drug-likeness (QED) is 0.621. The summed E-state index contributed by atoms with van der Waals surface area (Å²) < 4.78 is 12.6. The Morgan fingerprint density at radius 1 is 0.652 bits per heavy atom. The van der Waals surface area contributed by atoms with E-state index in [2.05, 4.69) is 60.7 Å². The zero-order valence-corrected chi connectivity index (χ0v) is 14.8. The molecule has 0 amide bonds. The van der Waals surface area contributed by atoms with Crippen molar-refractivity contribution in [1.29, 1.82) is 0 Å². The molecule has 0 aliphatic carbocycles. The highest BCUT2D eigenvalue weighted by Gasteiger charge is 2.15. The van der Waals surface area contributed by atoms with Gasteiger partial charge in [-0.15, -0.1) is 0 Å². The maximum atomic E-state index is 12.6. The van der Waals surface area contributed by atoms with Crippen molar-refractivity contribution >= 4 is 31.6 Å². The normalized spacial score (nSPS) is 12.2. The second-order valence-electron chi connectivity index (χ2n) is 5.36. The van der Waals surface area contributed by atoms with E-state index in [1.807, 2.05) is 30.3 Å². The number of benzene rings is 3. The molecule has 0 saturated heterocycles. The summed E-state index contributed by atoms with van der Waals surface area (Å²) in [7, 11) is -2.16. The van der Waals surface area contributed by atoms with Crippen LogP contribution in [0.25, 0.3) is 0 Å². The second-order valence-corrected chi connectivity index (χ2v) is 9.62. The fraction of sp³-hybridized carbons (Fsp3) is 0.100. The van der Waals surface area contributed by atoms with Crippen LogP contribution in [-0.4, -0.2) is 12.3 Å². The molecule has 0 fully saturated rings. The van der Waals surface area contributed by atoms with Gasteiger partial charge in [0, 0.05) is 11.5 Å². The molecule has 3 rings (SSSR count). The highest BCUT2D eigenvalue weighted by Crippen LogP contribution is 2.36. The molecule has 0 heterocycles. The third kappa shape index (κ3) is 4.41. The Balaban J connectivity index is 1.79. The average Bonchev–Trinajstić information content (AvgIpc) is 2.64. The van der Waals surface area contributed by atoms with E-state index in [0.717, 1.165) is 17.6 Å². The fourth-order valence-corrected chi connectivity index (χ4v) is 7.04. The summed E-state index contributed by atoms with van der Waals surface area (Å²) in [6.07, 6.45) is 1.74. The van der Waals surface area contributed by atoms with Crippen LogP contribution in [0.15, 0.2) is 91.0 Å². The molecule has 0 saturated carbocycles. The van der Waals surface area contributed by atoms with Crippen molar-refractivity contribution in [3.63, 3.8) is 0 Å². The van der Waals surface area contributed by atoms with Gasteiger partial charge < -0.3 is 4.57 Å². The zero-order chi connectivity index (χ0) is 15.9. The van der Waals surface area contributed by atoms with Gasteiger partial charge in [0.1, 0.15) is 7.80 Å². The summed E-state index contributed by atoms with van der Waals surface area (Å²) in [5.41, 5.74) is 0. The molecule has 3 heteroatoms. The molecule has 0 aliphatic heterocycles. The van der Waals surface area contributed by atoms with Gasteiger partial charge in [-0.2, -0.15) is 0 Å². The molecule has 116 valence electrons. The second kappa shape index (κ2) is 8.25. The first kappa shape index (κ1) is 16.2. The lowest BCUT2D eigenvalue weighted by Gasteiger charge is -2.18. The van der Waals surface area contributed by atoms with E-state index in [1.54, 1.807) is 0 Å². The van der Waals surface area contributed by atoms with Gasteiger partial charge in [-0.1, -0.05) is 91.0 Å². The molecule has 1 unspecified atom stereocenters. The highest BCUT2D eigenvalue weighted by molar-refractivity contribution is 7.73. The van der Waals surface area contributed by atoms with Crippen LogP contribution in [0.3, 0.4) is 0 Å². The molecule has 1 nitrogen and oxygen atoms in total. The Morgan fingerprint density at radius 3 is 1.57 bits per heavy atom. The summed E-state index contributed by atoms with van der Waals surface area (Å²) in [5.74, 6) is 0. The van der Waals surface area contributed by atoms with Gasteiger partial charge in [0.15, 0.2) is 0 Å². The van der Waals surface area contributed by atoms with Gasteiger partial charge in [-0.25, -0.2) is 0 Å². The molecule has 23 heavy (non-hydrogen) atoms. The van der Waals surface area contributed by atoms with E-state index in [-0.39, 0.29) is 0 Å². The number of hydrogen-bond donors (Lipinski definition) is 0. The summed E-state index contributed by atoms with van der Waals surface area (Å²) >= 11 is 0. The van der Waals surface area contributed by atoms with Crippen LogP contribution in [-0.2, 0) is 4.57 Å². The summed E-state index contributed by atoms with van der Waals surface area (Å²) in [4.78, 5) is 0.